The number of carbonyl (C=O) groups excluding carboxylic acids is 1. The Bertz CT molecular complexity index is 1330. The van der Waals surface area contributed by atoms with Crippen molar-refractivity contribution in [3.63, 3.8) is 0 Å². The predicted octanol–water partition coefficient (Wildman–Crippen LogP) is 5.26. The first-order chi connectivity index (χ1) is 14.9. The van der Waals surface area contributed by atoms with Gasteiger partial charge in [-0.3, -0.25) is 4.79 Å². The summed E-state index contributed by atoms with van der Waals surface area (Å²) in [5.41, 5.74) is 4.81. The van der Waals surface area contributed by atoms with Crippen LogP contribution in [0.5, 0.6) is 0 Å². The molecule has 0 spiro atoms. The summed E-state index contributed by atoms with van der Waals surface area (Å²) < 4.78 is 6.11. The Balaban J connectivity index is 1.51. The average Bonchev–Trinajstić information content (AvgIpc) is 3.16. The number of rotatable bonds is 6. The van der Waals surface area contributed by atoms with E-state index in [0.717, 1.165) is 21.0 Å². The average molecular weight is 453 g/mol. The van der Waals surface area contributed by atoms with Crippen LogP contribution in [0, 0.1) is 13.8 Å². The lowest BCUT2D eigenvalue weighted by atomic mass is 10.1. The first-order valence-electron chi connectivity index (χ1n) is 9.53. The number of amides is 1. The molecule has 0 saturated heterocycles. The van der Waals surface area contributed by atoms with E-state index in [1.54, 1.807) is 12.1 Å². The molecule has 2 N–H and O–H groups in total. The third-order valence-corrected chi connectivity index (χ3v) is 6.78. The Morgan fingerprint density at radius 2 is 2.00 bits per heavy atom. The Labute approximate surface area is 186 Å². The highest BCUT2D eigenvalue weighted by Gasteiger charge is 2.11. The summed E-state index contributed by atoms with van der Waals surface area (Å²) >= 11 is 2.97. The highest BCUT2D eigenvalue weighted by molar-refractivity contribution is 8.00. The number of hydrogen-bond acceptors (Lipinski definition) is 8. The number of thioether (sulfide) groups is 1. The zero-order chi connectivity index (χ0) is 22.0. The van der Waals surface area contributed by atoms with Crippen LogP contribution in [0.1, 0.15) is 23.6 Å². The van der Waals surface area contributed by atoms with E-state index >= 15 is 0 Å². The summed E-state index contributed by atoms with van der Waals surface area (Å²) in [6.45, 7) is 5.57. The molecule has 158 valence electrons. The van der Waals surface area contributed by atoms with Crippen LogP contribution in [0.15, 0.2) is 56.0 Å². The van der Waals surface area contributed by atoms with Crippen molar-refractivity contribution >= 4 is 56.5 Å². The molecule has 2 aromatic heterocycles. The number of hydrogen-bond donors (Lipinski definition) is 2. The van der Waals surface area contributed by atoms with Crippen molar-refractivity contribution in [2.24, 2.45) is 0 Å². The summed E-state index contributed by atoms with van der Waals surface area (Å²) in [4.78, 5) is 23.3. The first kappa shape index (κ1) is 21.1. The number of carbonyl (C=O) groups is 1. The second kappa shape index (κ2) is 8.91. The van der Waals surface area contributed by atoms with Crippen molar-refractivity contribution in [3.05, 3.63) is 69.6 Å². The molecule has 0 atom stereocenters. The van der Waals surface area contributed by atoms with E-state index in [-0.39, 0.29) is 5.91 Å². The normalized spacial score (nSPS) is 10.9. The molecule has 4 rings (SSSR count). The van der Waals surface area contributed by atoms with Crippen LogP contribution in [0.2, 0.25) is 0 Å². The lowest BCUT2D eigenvalue weighted by molar-refractivity contribution is -0.114. The summed E-state index contributed by atoms with van der Waals surface area (Å²) in [5.74, 6) is 0.356. The van der Waals surface area contributed by atoms with E-state index in [4.69, 9.17) is 4.42 Å². The second-order valence-corrected chi connectivity index (χ2v) is 9.22. The van der Waals surface area contributed by atoms with Crippen LogP contribution in [0.4, 0.5) is 16.5 Å². The minimum atomic E-state index is -0.433. The molecule has 7 nitrogen and oxygen atoms in total. The monoisotopic (exact) mass is 452 g/mol. The van der Waals surface area contributed by atoms with Crippen LogP contribution in [-0.4, -0.2) is 16.1 Å². The van der Waals surface area contributed by atoms with Gasteiger partial charge in [-0.15, -0.1) is 10.2 Å². The van der Waals surface area contributed by atoms with Crippen molar-refractivity contribution in [3.8, 4) is 0 Å². The van der Waals surface area contributed by atoms with Gasteiger partial charge in [-0.1, -0.05) is 35.2 Å². The van der Waals surface area contributed by atoms with Crippen molar-refractivity contribution in [2.75, 3.05) is 10.6 Å². The molecule has 0 bridgehead atoms. The molecule has 4 aromatic rings. The van der Waals surface area contributed by atoms with Crippen molar-refractivity contribution in [2.45, 2.75) is 30.9 Å². The van der Waals surface area contributed by atoms with Gasteiger partial charge in [-0.05, 0) is 48.7 Å². The number of anilines is 3. The van der Waals surface area contributed by atoms with Crippen LogP contribution in [-0.2, 0) is 10.5 Å². The largest absolute Gasteiger partial charge is 0.423 e. The van der Waals surface area contributed by atoms with Gasteiger partial charge in [0, 0.05) is 41.6 Å². The molecule has 0 aliphatic heterocycles. The first-order valence-corrected chi connectivity index (χ1v) is 11.3. The number of aromatic nitrogens is 2. The smallest absolute Gasteiger partial charge is 0.336 e. The van der Waals surface area contributed by atoms with E-state index in [9.17, 15) is 9.59 Å². The number of fused-ring (bicyclic) bond motifs is 1. The third kappa shape index (κ3) is 4.95. The molecule has 0 saturated carbocycles. The maximum Gasteiger partial charge on any atom is 0.336 e. The molecule has 31 heavy (non-hydrogen) atoms. The maximum atomic E-state index is 12.0. The molecule has 1 amide bonds. The van der Waals surface area contributed by atoms with Crippen LogP contribution in [0.3, 0.4) is 0 Å². The highest BCUT2D eigenvalue weighted by atomic mass is 32.2. The van der Waals surface area contributed by atoms with Crippen LogP contribution < -0.4 is 16.3 Å². The van der Waals surface area contributed by atoms with E-state index in [0.29, 0.717) is 22.2 Å². The van der Waals surface area contributed by atoms with Crippen molar-refractivity contribution in [1.82, 2.24) is 10.2 Å². The van der Waals surface area contributed by atoms with Crippen molar-refractivity contribution < 1.29 is 9.21 Å². The lowest BCUT2D eigenvalue weighted by Crippen LogP contribution is -2.06. The molecule has 0 radical (unpaired) electrons. The summed E-state index contributed by atoms with van der Waals surface area (Å²) in [5, 5.41) is 16.0. The minimum absolute atomic E-state index is 0.185. The van der Waals surface area contributed by atoms with Gasteiger partial charge in [0.1, 0.15) is 5.58 Å². The highest BCUT2D eigenvalue weighted by Crippen LogP contribution is 2.32. The van der Waals surface area contributed by atoms with E-state index in [1.165, 1.54) is 47.2 Å². The topological polar surface area (TPSA) is 97.1 Å². The summed E-state index contributed by atoms with van der Waals surface area (Å²) in [6, 6.07) is 12.9. The Hall–Kier alpha value is -3.17. The number of nitrogens with zero attached hydrogens (tertiary/aromatic N) is 2. The fourth-order valence-electron chi connectivity index (χ4n) is 3.09. The fraction of sp³-hybridized carbons (Fsp3) is 0.182. The third-order valence-electron chi connectivity index (χ3n) is 4.75. The minimum Gasteiger partial charge on any atom is -0.423 e. The van der Waals surface area contributed by atoms with Gasteiger partial charge in [0.25, 0.3) is 0 Å². The SMILES string of the molecule is CC(=O)Nc1ccc2c(CSc3nnc(Nc4cccc(C)c4C)s3)cc(=O)oc2c1. The lowest BCUT2D eigenvalue weighted by Gasteiger charge is -2.08. The summed E-state index contributed by atoms with van der Waals surface area (Å²) in [7, 11) is 0. The fourth-order valence-corrected chi connectivity index (χ4v) is 4.85. The molecular formula is C22H20N4O3S2. The molecule has 2 aromatic carbocycles. The molecule has 0 fully saturated rings. The summed E-state index contributed by atoms with van der Waals surface area (Å²) in [6.07, 6.45) is 0. The Morgan fingerprint density at radius 1 is 1.16 bits per heavy atom. The quantitative estimate of drug-likeness (QED) is 0.304. The molecular weight excluding hydrogens is 432 g/mol. The van der Waals surface area contributed by atoms with Gasteiger partial charge >= 0.3 is 5.63 Å². The van der Waals surface area contributed by atoms with E-state index in [1.807, 2.05) is 18.2 Å². The number of aryl methyl sites for hydroxylation is 1. The van der Waals surface area contributed by atoms with Crippen molar-refractivity contribution in [1.29, 1.82) is 0 Å². The van der Waals surface area contributed by atoms with E-state index in [2.05, 4.69) is 40.7 Å². The second-order valence-electron chi connectivity index (χ2n) is 7.02. The van der Waals surface area contributed by atoms with Crippen LogP contribution >= 0.6 is 23.1 Å². The molecule has 9 heteroatoms. The molecule has 0 unspecified atom stereocenters. The molecule has 0 aliphatic carbocycles. The molecule has 0 aliphatic rings. The van der Waals surface area contributed by atoms with E-state index < -0.39 is 5.63 Å². The predicted molar refractivity (Wildman–Crippen MR) is 125 cm³/mol. The van der Waals surface area contributed by atoms with Gasteiger partial charge in [-0.25, -0.2) is 4.79 Å². The Morgan fingerprint density at radius 3 is 2.81 bits per heavy atom. The van der Waals surface area contributed by atoms with Gasteiger partial charge < -0.3 is 15.1 Å². The Kier molecular flexibility index (Phi) is 6.06. The standard InChI is InChI=1S/C22H20N4O3S2/c1-12-5-4-6-18(13(12)2)24-21-25-26-22(31-21)30-11-15-9-20(28)29-19-10-16(23-14(3)27)7-8-17(15)19/h4-10H,11H2,1-3H3,(H,23,27)(H,24,25). The van der Waals surface area contributed by atoms with Gasteiger partial charge in [0.2, 0.25) is 11.0 Å². The zero-order valence-electron chi connectivity index (χ0n) is 17.2. The number of nitrogens with one attached hydrogen (secondary N) is 2. The van der Waals surface area contributed by atoms with Gasteiger partial charge in [0.05, 0.1) is 0 Å². The van der Waals surface area contributed by atoms with Gasteiger partial charge in [0.15, 0.2) is 4.34 Å². The maximum absolute atomic E-state index is 12.0. The van der Waals surface area contributed by atoms with Crippen LogP contribution in [0.25, 0.3) is 11.0 Å². The van der Waals surface area contributed by atoms with Gasteiger partial charge in [-0.2, -0.15) is 0 Å². The molecule has 2 heterocycles. The number of benzene rings is 2. The zero-order valence-corrected chi connectivity index (χ0v) is 18.8.